The average Bonchev–Trinajstić information content (AvgIpc) is 3.28. The molecular formula is C47H39F3O12S. The molecule has 12 nitrogen and oxygen atoms in total. The molecule has 326 valence electrons. The predicted octanol–water partition coefficient (Wildman–Crippen LogP) is 9.71. The number of benzene rings is 6. The van der Waals surface area contributed by atoms with Crippen LogP contribution >= 0.6 is 0 Å². The molecule has 0 radical (unpaired) electrons. The monoisotopic (exact) mass is 884 g/mol. The normalized spacial score (nSPS) is 13.2. The molecule has 0 atom stereocenters. The highest BCUT2D eigenvalue weighted by Gasteiger charge is 2.50. The highest BCUT2D eigenvalue weighted by atomic mass is 32.2. The SMILES string of the molecule is O=C1OCCCCOC(=O)c2cc(OCc3ccccc3)c(OCc3ccccc3)c(OS(=O)(=O)C(F)(F)F)c2-c2c1cc(OCc1ccccc1)c(OCc1ccccc1)c2O. The number of hydrogen-bond donors (Lipinski definition) is 1. The second-order valence-corrected chi connectivity index (χ2v) is 15.5. The van der Waals surface area contributed by atoms with E-state index >= 15 is 0 Å². The lowest BCUT2D eigenvalue weighted by molar-refractivity contribution is -0.0500. The van der Waals surface area contributed by atoms with Crippen molar-refractivity contribution in [3.05, 3.63) is 167 Å². The molecule has 1 aliphatic heterocycles. The van der Waals surface area contributed by atoms with E-state index in [0.29, 0.717) is 22.3 Å². The van der Waals surface area contributed by atoms with Gasteiger partial charge in [-0.1, -0.05) is 121 Å². The first-order chi connectivity index (χ1) is 30.4. The molecule has 1 heterocycles. The van der Waals surface area contributed by atoms with E-state index in [4.69, 9.17) is 32.6 Å². The van der Waals surface area contributed by atoms with E-state index in [2.05, 4.69) is 0 Å². The quantitative estimate of drug-likeness (QED) is 0.0630. The molecule has 6 aromatic carbocycles. The van der Waals surface area contributed by atoms with Gasteiger partial charge in [0.15, 0.2) is 23.0 Å². The highest BCUT2D eigenvalue weighted by Crippen LogP contribution is 2.55. The van der Waals surface area contributed by atoms with Crippen LogP contribution in [-0.2, 0) is 46.0 Å². The zero-order valence-corrected chi connectivity index (χ0v) is 34.2. The molecule has 0 aliphatic carbocycles. The maximum absolute atomic E-state index is 14.4. The number of carbonyl (C=O) groups is 2. The summed E-state index contributed by atoms with van der Waals surface area (Å²) in [6.45, 7) is -1.44. The topological polar surface area (TPSA) is 153 Å². The van der Waals surface area contributed by atoms with Crippen LogP contribution < -0.4 is 23.1 Å². The summed E-state index contributed by atoms with van der Waals surface area (Å²) >= 11 is 0. The predicted molar refractivity (Wildman–Crippen MR) is 222 cm³/mol. The molecule has 0 saturated heterocycles. The third-order valence-electron chi connectivity index (χ3n) is 9.52. The van der Waals surface area contributed by atoms with Gasteiger partial charge in [-0.3, -0.25) is 0 Å². The van der Waals surface area contributed by atoms with Crippen molar-refractivity contribution < 1.29 is 68.9 Å². The summed E-state index contributed by atoms with van der Waals surface area (Å²) in [5, 5.41) is 12.5. The number of phenols is 1. The van der Waals surface area contributed by atoms with Crippen LogP contribution in [0.15, 0.2) is 133 Å². The van der Waals surface area contributed by atoms with Crippen LogP contribution in [0, 0.1) is 0 Å². The Kier molecular flexibility index (Phi) is 13.7. The first-order valence-electron chi connectivity index (χ1n) is 19.5. The van der Waals surface area contributed by atoms with Crippen molar-refractivity contribution in [1.29, 1.82) is 0 Å². The Bertz CT molecular complexity index is 2640. The van der Waals surface area contributed by atoms with Crippen LogP contribution in [0.5, 0.6) is 34.5 Å². The number of esters is 2. The fourth-order valence-electron chi connectivity index (χ4n) is 6.41. The molecule has 0 spiro atoms. The maximum atomic E-state index is 14.4. The first kappa shape index (κ1) is 43.9. The van der Waals surface area contributed by atoms with Gasteiger partial charge in [0, 0.05) is 11.1 Å². The third kappa shape index (κ3) is 10.6. The fraction of sp³-hybridized carbons (Fsp3) is 0.191. The van der Waals surface area contributed by atoms with Gasteiger partial charge in [-0.2, -0.15) is 21.6 Å². The molecule has 63 heavy (non-hydrogen) atoms. The number of rotatable bonds is 14. The van der Waals surface area contributed by atoms with Crippen molar-refractivity contribution in [1.82, 2.24) is 0 Å². The fourth-order valence-corrected chi connectivity index (χ4v) is 6.89. The Morgan fingerprint density at radius 1 is 0.524 bits per heavy atom. The Morgan fingerprint density at radius 3 is 1.30 bits per heavy atom. The van der Waals surface area contributed by atoms with Crippen molar-refractivity contribution in [3.8, 4) is 45.6 Å². The Balaban J connectivity index is 1.55. The van der Waals surface area contributed by atoms with Gasteiger partial charge in [-0.25, -0.2) is 9.59 Å². The van der Waals surface area contributed by atoms with E-state index in [1.54, 1.807) is 121 Å². The van der Waals surface area contributed by atoms with E-state index in [9.17, 15) is 36.3 Å². The number of cyclic esters (lactones) is 2. The molecule has 7 rings (SSSR count). The zero-order valence-electron chi connectivity index (χ0n) is 33.3. The number of carbonyl (C=O) groups excluding carboxylic acids is 2. The minimum Gasteiger partial charge on any atom is -0.504 e. The minimum atomic E-state index is -6.62. The molecule has 0 fully saturated rings. The zero-order chi connectivity index (χ0) is 44.4. The van der Waals surface area contributed by atoms with Crippen LogP contribution in [0.2, 0.25) is 0 Å². The molecule has 6 aromatic rings. The van der Waals surface area contributed by atoms with Crippen LogP contribution in [-0.4, -0.2) is 44.2 Å². The number of alkyl halides is 3. The molecule has 0 bridgehead atoms. The highest BCUT2D eigenvalue weighted by molar-refractivity contribution is 7.88. The molecule has 1 N–H and O–H groups in total. The summed E-state index contributed by atoms with van der Waals surface area (Å²) in [7, 11) is -6.62. The average molecular weight is 885 g/mol. The van der Waals surface area contributed by atoms with Crippen molar-refractivity contribution in [2.45, 2.75) is 44.8 Å². The van der Waals surface area contributed by atoms with Crippen molar-refractivity contribution in [2.75, 3.05) is 13.2 Å². The number of halogens is 3. The molecule has 0 amide bonds. The lowest BCUT2D eigenvalue weighted by Gasteiger charge is -2.25. The van der Waals surface area contributed by atoms with Gasteiger partial charge >= 0.3 is 27.6 Å². The van der Waals surface area contributed by atoms with Crippen LogP contribution in [0.3, 0.4) is 0 Å². The largest absolute Gasteiger partial charge is 0.534 e. The summed E-state index contributed by atoms with van der Waals surface area (Å²) in [5.74, 6) is -6.39. The van der Waals surface area contributed by atoms with Gasteiger partial charge in [0.05, 0.1) is 24.3 Å². The van der Waals surface area contributed by atoms with Crippen molar-refractivity contribution in [2.24, 2.45) is 0 Å². The van der Waals surface area contributed by atoms with E-state index in [1.807, 2.05) is 0 Å². The maximum Gasteiger partial charge on any atom is 0.534 e. The number of aromatic hydroxyl groups is 1. The van der Waals surface area contributed by atoms with Gasteiger partial charge in [0.1, 0.15) is 26.4 Å². The summed E-state index contributed by atoms with van der Waals surface area (Å²) in [5.41, 5.74) is -6.53. The second kappa shape index (κ2) is 19.7. The Labute approximate surface area is 360 Å². The van der Waals surface area contributed by atoms with Crippen LogP contribution in [0.1, 0.15) is 55.8 Å². The summed E-state index contributed by atoms with van der Waals surface area (Å²) in [6, 6.07) is 36.5. The van der Waals surface area contributed by atoms with Gasteiger partial charge in [0.25, 0.3) is 0 Å². The van der Waals surface area contributed by atoms with E-state index in [1.165, 1.54) is 0 Å². The molecule has 0 aromatic heterocycles. The molecule has 0 unspecified atom stereocenters. The lowest BCUT2D eigenvalue weighted by atomic mass is 9.91. The molecular weight excluding hydrogens is 846 g/mol. The summed E-state index contributed by atoms with van der Waals surface area (Å²) in [4.78, 5) is 28.5. The van der Waals surface area contributed by atoms with Crippen LogP contribution in [0.4, 0.5) is 13.2 Å². The smallest absolute Gasteiger partial charge is 0.504 e. The number of hydrogen-bond acceptors (Lipinski definition) is 12. The molecule has 1 aliphatic rings. The summed E-state index contributed by atoms with van der Waals surface area (Å²) < 4.78 is 110. The minimum absolute atomic E-state index is 0.115. The second-order valence-electron chi connectivity index (χ2n) is 14.0. The standard InChI is InChI=1S/C47H39F3O12S/c48-47(49,50)63(54,55)62-44-40-36(26-38(59-28-32-17-7-2-8-18-32)43(44)61-30-34-21-11-4-12-22-34)46(53)57-24-14-13-23-56-45(52)35-25-37(58-27-31-15-5-1-6-16-31)42(41(51)39(35)40)60-29-33-19-9-3-10-20-33/h1-12,15-22,25-26,51H,13-14,23-24,27-30H2. The van der Waals surface area contributed by atoms with Crippen molar-refractivity contribution >= 4 is 22.1 Å². The number of ether oxygens (including phenoxy) is 6. The molecule has 16 heteroatoms. The first-order valence-corrected chi connectivity index (χ1v) is 20.9. The van der Waals surface area contributed by atoms with Gasteiger partial charge in [-0.05, 0) is 47.2 Å². The Morgan fingerprint density at radius 2 is 0.889 bits per heavy atom. The number of phenolic OH excluding ortho intramolecular Hbond substituents is 1. The van der Waals surface area contributed by atoms with E-state index in [0.717, 1.165) is 12.1 Å². The van der Waals surface area contributed by atoms with Gasteiger partial charge in [-0.15, -0.1) is 0 Å². The third-order valence-corrected chi connectivity index (χ3v) is 10.5. The van der Waals surface area contributed by atoms with E-state index in [-0.39, 0.29) is 51.6 Å². The number of fused-ring (bicyclic) bond motifs is 3. The van der Waals surface area contributed by atoms with E-state index < -0.39 is 85.2 Å². The van der Waals surface area contributed by atoms with Crippen LogP contribution in [0.25, 0.3) is 11.1 Å². The molecule has 0 saturated carbocycles. The lowest BCUT2D eigenvalue weighted by Crippen LogP contribution is -2.29. The summed E-state index contributed by atoms with van der Waals surface area (Å²) in [6.07, 6.45) is 0.407. The van der Waals surface area contributed by atoms with Gasteiger partial charge in [0.2, 0.25) is 11.5 Å². The van der Waals surface area contributed by atoms with Crippen molar-refractivity contribution in [3.63, 3.8) is 0 Å². The Hall–Kier alpha value is -7.20. The van der Waals surface area contributed by atoms with Gasteiger partial charge < -0.3 is 37.7 Å².